The Kier molecular flexibility index (Phi) is 11.4. The molecule has 0 aliphatic carbocycles. The predicted octanol–water partition coefficient (Wildman–Crippen LogP) is 2.40. The van der Waals surface area contributed by atoms with E-state index in [1.165, 1.54) is 0 Å². The van der Waals surface area contributed by atoms with Gasteiger partial charge in [-0.1, -0.05) is 6.07 Å². The molecule has 1 aromatic carbocycles. The number of guanidine groups is 1. The summed E-state index contributed by atoms with van der Waals surface area (Å²) in [5.41, 5.74) is 7.00. The number of likely N-dealkylation sites (tertiary alicyclic amines) is 1. The number of halogens is 1. The number of amides is 1. The van der Waals surface area contributed by atoms with Crippen LogP contribution >= 0.6 is 24.0 Å². The molecule has 0 atom stereocenters. The fraction of sp³-hybridized carbons (Fsp3) is 0.600. The molecule has 1 heterocycles. The quantitative estimate of drug-likeness (QED) is 0.299. The van der Waals surface area contributed by atoms with Gasteiger partial charge in [0.05, 0.1) is 27.9 Å². The summed E-state index contributed by atoms with van der Waals surface area (Å²) in [6, 6.07) is 3.98. The average molecular weight is 536 g/mol. The first kappa shape index (κ1) is 25.9. The van der Waals surface area contributed by atoms with Crippen LogP contribution in [-0.4, -0.2) is 70.6 Å². The Balaban J connectivity index is 0.00000450. The van der Waals surface area contributed by atoms with Gasteiger partial charge in [-0.05, 0) is 32.3 Å². The standard InChI is InChI=1S/C20H32N4O5.HI/c1-5-29-20(25)24-12-9-15(10-13-24)23-19(21)22-11-8-14-6-7-16(26-2)18(28-4)17(14)27-3;/h6-7,15H,5,8-13H2,1-4H3,(H3,21,22,23);1H. The van der Waals surface area contributed by atoms with E-state index in [9.17, 15) is 4.79 Å². The van der Waals surface area contributed by atoms with E-state index in [0.29, 0.717) is 55.9 Å². The van der Waals surface area contributed by atoms with E-state index >= 15 is 0 Å². The molecular weight excluding hydrogens is 503 g/mol. The third kappa shape index (κ3) is 6.99. The SMILES string of the molecule is CCOC(=O)N1CCC(NC(N)=NCCc2ccc(OC)c(OC)c2OC)CC1.I. The van der Waals surface area contributed by atoms with Crippen LogP contribution in [0.4, 0.5) is 4.79 Å². The molecular formula is C20H33IN4O5. The van der Waals surface area contributed by atoms with Crippen LogP contribution in [0.3, 0.4) is 0 Å². The van der Waals surface area contributed by atoms with Gasteiger partial charge in [-0.2, -0.15) is 0 Å². The summed E-state index contributed by atoms with van der Waals surface area (Å²) in [7, 11) is 4.77. The molecule has 1 saturated heterocycles. The number of ether oxygens (including phenoxy) is 4. The minimum atomic E-state index is -0.253. The summed E-state index contributed by atoms with van der Waals surface area (Å²) in [6.45, 7) is 3.99. The van der Waals surface area contributed by atoms with Gasteiger partial charge >= 0.3 is 6.09 Å². The molecule has 0 radical (unpaired) electrons. The maximum Gasteiger partial charge on any atom is 0.409 e. The first-order valence-electron chi connectivity index (χ1n) is 9.80. The van der Waals surface area contributed by atoms with Gasteiger partial charge in [0.15, 0.2) is 17.5 Å². The summed E-state index contributed by atoms with van der Waals surface area (Å²) in [5.74, 6) is 2.22. The van der Waals surface area contributed by atoms with Crippen molar-refractivity contribution in [1.29, 1.82) is 0 Å². The Morgan fingerprint density at radius 2 is 1.83 bits per heavy atom. The Hall–Kier alpha value is -2.11. The first-order valence-corrected chi connectivity index (χ1v) is 9.80. The Bertz CT molecular complexity index is 709. The third-order valence-electron chi connectivity index (χ3n) is 4.82. The molecule has 1 aromatic rings. The lowest BCUT2D eigenvalue weighted by atomic mass is 10.1. The van der Waals surface area contributed by atoms with Gasteiger partial charge in [-0.25, -0.2) is 4.79 Å². The monoisotopic (exact) mass is 536 g/mol. The second kappa shape index (κ2) is 13.2. The lowest BCUT2D eigenvalue weighted by molar-refractivity contribution is 0.0963. The molecule has 0 unspecified atom stereocenters. The minimum Gasteiger partial charge on any atom is -0.493 e. The van der Waals surface area contributed by atoms with Crippen molar-refractivity contribution in [2.24, 2.45) is 10.7 Å². The van der Waals surface area contributed by atoms with Crippen molar-refractivity contribution in [1.82, 2.24) is 10.2 Å². The number of hydrogen-bond donors (Lipinski definition) is 2. The number of nitrogens with one attached hydrogen (secondary N) is 1. The zero-order valence-corrected chi connectivity index (χ0v) is 20.4. The fourth-order valence-corrected chi connectivity index (χ4v) is 3.33. The minimum absolute atomic E-state index is 0. The number of nitrogens with zero attached hydrogens (tertiary/aromatic N) is 2. The van der Waals surface area contributed by atoms with Gasteiger partial charge in [0, 0.05) is 31.2 Å². The van der Waals surface area contributed by atoms with E-state index in [0.717, 1.165) is 18.4 Å². The van der Waals surface area contributed by atoms with Crippen LogP contribution in [0, 0.1) is 0 Å². The van der Waals surface area contributed by atoms with Crippen LogP contribution in [0.2, 0.25) is 0 Å². The molecule has 3 N–H and O–H groups in total. The number of nitrogens with two attached hydrogens (primary N) is 1. The molecule has 1 aliphatic heterocycles. The summed E-state index contributed by atoms with van der Waals surface area (Å²) in [4.78, 5) is 17.9. The van der Waals surface area contributed by atoms with Gasteiger partial charge in [-0.15, -0.1) is 24.0 Å². The highest BCUT2D eigenvalue weighted by Crippen LogP contribution is 2.39. The van der Waals surface area contributed by atoms with Gasteiger partial charge in [0.1, 0.15) is 0 Å². The average Bonchev–Trinajstić information content (AvgIpc) is 2.73. The Morgan fingerprint density at radius 1 is 1.17 bits per heavy atom. The van der Waals surface area contributed by atoms with Gasteiger partial charge in [0.25, 0.3) is 0 Å². The molecule has 9 nitrogen and oxygen atoms in total. The summed E-state index contributed by atoms with van der Waals surface area (Å²) < 4.78 is 21.2. The summed E-state index contributed by atoms with van der Waals surface area (Å²) in [5, 5.41) is 3.24. The first-order chi connectivity index (χ1) is 14.0. The molecule has 10 heteroatoms. The van der Waals surface area contributed by atoms with E-state index in [4.69, 9.17) is 24.7 Å². The molecule has 0 spiro atoms. The molecule has 2 rings (SSSR count). The number of methoxy groups -OCH3 is 3. The normalized spacial score (nSPS) is 14.5. The van der Waals surface area contributed by atoms with Gasteiger partial charge in [-0.3, -0.25) is 4.99 Å². The van der Waals surface area contributed by atoms with Crippen molar-refractivity contribution in [2.45, 2.75) is 32.2 Å². The molecule has 0 aromatic heterocycles. The van der Waals surface area contributed by atoms with Gasteiger partial charge < -0.3 is 34.9 Å². The second-order valence-electron chi connectivity index (χ2n) is 6.61. The number of rotatable bonds is 8. The van der Waals surface area contributed by atoms with E-state index in [1.54, 1.807) is 33.2 Å². The maximum atomic E-state index is 11.7. The zero-order chi connectivity index (χ0) is 21.2. The van der Waals surface area contributed by atoms with Gasteiger partial charge in [0.2, 0.25) is 5.75 Å². The zero-order valence-electron chi connectivity index (χ0n) is 18.1. The molecule has 1 amide bonds. The number of carbonyl (C=O) groups excluding carboxylic acids is 1. The summed E-state index contributed by atoms with van der Waals surface area (Å²) >= 11 is 0. The van der Waals surface area contributed by atoms with Crippen molar-refractivity contribution in [2.75, 3.05) is 47.6 Å². The molecule has 30 heavy (non-hydrogen) atoms. The second-order valence-corrected chi connectivity index (χ2v) is 6.61. The fourth-order valence-electron chi connectivity index (χ4n) is 3.33. The van der Waals surface area contributed by atoms with E-state index in [-0.39, 0.29) is 36.1 Å². The highest BCUT2D eigenvalue weighted by molar-refractivity contribution is 14.0. The molecule has 0 bridgehead atoms. The van der Waals surface area contributed by atoms with Crippen molar-refractivity contribution < 1.29 is 23.7 Å². The number of hydrogen-bond acceptors (Lipinski definition) is 6. The van der Waals surface area contributed by atoms with Crippen LogP contribution in [-0.2, 0) is 11.2 Å². The van der Waals surface area contributed by atoms with Crippen molar-refractivity contribution in [3.63, 3.8) is 0 Å². The highest BCUT2D eigenvalue weighted by Gasteiger charge is 2.23. The number of aliphatic imine (C=N–C) groups is 1. The third-order valence-corrected chi connectivity index (χ3v) is 4.82. The lowest BCUT2D eigenvalue weighted by Gasteiger charge is -2.31. The topological polar surface area (TPSA) is 108 Å². The van der Waals surface area contributed by atoms with E-state index in [1.807, 2.05) is 12.1 Å². The number of piperidine rings is 1. The smallest absolute Gasteiger partial charge is 0.409 e. The van der Waals surface area contributed by atoms with Crippen LogP contribution in [0.1, 0.15) is 25.3 Å². The molecule has 170 valence electrons. The summed E-state index contributed by atoms with van der Waals surface area (Å²) in [6.07, 6.45) is 2.00. The van der Waals surface area contributed by atoms with Crippen molar-refractivity contribution in [3.05, 3.63) is 17.7 Å². The van der Waals surface area contributed by atoms with Crippen molar-refractivity contribution in [3.8, 4) is 17.2 Å². The van der Waals surface area contributed by atoms with E-state index in [2.05, 4.69) is 10.3 Å². The molecule has 1 fully saturated rings. The number of carbonyl (C=O) groups is 1. The Morgan fingerprint density at radius 3 is 2.40 bits per heavy atom. The predicted molar refractivity (Wildman–Crippen MR) is 126 cm³/mol. The highest BCUT2D eigenvalue weighted by atomic mass is 127. The van der Waals surface area contributed by atoms with Crippen LogP contribution in [0.15, 0.2) is 17.1 Å². The van der Waals surface area contributed by atoms with Crippen molar-refractivity contribution >= 4 is 36.0 Å². The Labute approximate surface area is 195 Å². The molecule has 0 saturated carbocycles. The van der Waals surface area contributed by atoms with Crippen LogP contribution in [0.5, 0.6) is 17.2 Å². The van der Waals surface area contributed by atoms with E-state index < -0.39 is 0 Å². The maximum absolute atomic E-state index is 11.7. The van der Waals surface area contributed by atoms with Crippen LogP contribution < -0.4 is 25.3 Å². The number of benzene rings is 1. The largest absolute Gasteiger partial charge is 0.493 e. The molecule has 1 aliphatic rings. The van der Waals surface area contributed by atoms with Crippen LogP contribution in [0.25, 0.3) is 0 Å². The lowest BCUT2D eigenvalue weighted by Crippen LogP contribution is -2.48.